The zero-order valence-electron chi connectivity index (χ0n) is 8.71. The Bertz CT molecular complexity index is 192. The van der Waals surface area contributed by atoms with Crippen LogP contribution in [-0.2, 0) is 9.47 Å². The number of alkyl carbamates (subject to hydrolysis) is 1. The average Bonchev–Trinajstić information content (AvgIpc) is 2.16. The number of nitrogens with one attached hydrogen (secondary N) is 1. The molecule has 0 saturated heterocycles. The third-order valence-electron chi connectivity index (χ3n) is 1.27. The normalized spacial score (nSPS) is 10.9. The largest absolute Gasteiger partial charge is 0.499 e. The van der Waals surface area contributed by atoms with Crippen molar-refractivity contribution in [1.82, 2.24) is 5.32 Å². The summed E-state index contributed by atoms with van der Waals surface area (Å²) in [4.78, 5) is 10.8. The van der Waals surface area contributed by atoms with E-state index in [4.69, 9.17) is 10.5 Å². The lowest BCUT2D eigenvalue weighted by molar-refractivity contribution is 0.153. The fourth-order valence-electron chi connectivity index (χ4n) is 0.682. The number of amides is 1. The molecule has 1 amide bonds. The minimum Gasteiger partial charge on any atom is -0.499 e. The molecule has 3 N–H and O–H groups in total. The van der Waals surface area contributed by atoms with Gasteiger partial charge in [-0.2, -0.15) is 0 Å². The van der Waals surface area contributed by atoms with Crippen LogP contribution in [0.15, 0.2) is 12.0 Å². The van der Waals surface area contributed by atoms with Gasteiger partial charge in [-0.15, -0.1) is 0 Å². The summed E-state index contributed by atoms with van der Waals surface area (Å²) in [5, 5.41) is 2.48. The maximum Gasteiger partial charge on any atom is 0.407 e. The molecule has 0 aliphatic carbocycles. The van der Waals surface area contributed by atoms with Crippen LogP contribution in [0.25, 0.3) is 0 Å². The topological polar surface area (TPSA) is 73.6 Å². The van der Waals surface area contributed by atoms with Crippen LogP contribution >= 0.6 is 0 Å². The molecule has 0 aromatic heterocycles. The third kappa shape index (κ3) is 7.27. The first kappa shape index (κ1) is 12.6. The van der Waals surface area contributed by atoms with E-state index in [9.17, 15) is 4.79 Å². The molecule has 14 heavy (non-hydrogen) atoms. The highest BCUT2D eigenvalue weighted by Crippen LogP contribution is 1.87. The van der Waals surface area contributed by atoms with Crippen LogP contribution in [0.3, 0.4) is 0 Å². The molecule has 0 radical (unpaired) electrons. The minimum absolute atomic E-state index is 0.239. The van der Waals surface area contributed by atoms with Crippen molar-refractivity contribution in [2.75, 3.05) is 19.8 Å². The molecular weight excluding hydrogens is 184 g/mol. The van der Waals surface area contributed by atoms with Crippen LogP contribution in [0, 0.1) is 0 Å². The minimum atomic E-state index is -0.473. The molecule has 5 heteroatoms. The molecule has 0 bridgehead atoms. The number of carbonyl (C=O) groups is 1. The molecule has 0 spiro atoms. The van der Waals surface area contributed by atoms with E-state index in [1.807, 2.05) is 6.92 Å². The van der Waals surface area contributed by atoms with E-state index in [-0.39, 0.29) is 6.54 Å². The van der Waals surface area contributed by atoms with Gasteiger partial charge in [-0.05, 0) is 13.3 Å². The predicted molar refractivity (Wildman–Crippen MR) is 53.5 cm³/mol. The molecule has 0 unspecified atom stereocenters. The van der Waals surface area contributed by atoms with Crippen LogP contribution in [-0.4, -0.2) is 25.9 Å². The van der Waals surface area contributed by atoms with Crippen molar-refractivity contribution in [3.05, 3.63) is 12.0 Å². The molecule has 0 heterocycles. The predicted octanol–water partition coefficient (Wildman–Crippen LogP) is 0.959. The monoisotopic (exact) mass is 202 g/mol. The Balaban J connectivity index is 3.56. The standard InChI is InChI=1S/C9H18N2O3/c1-3-5-13-7-8(10)6-11-9(12)14-4-2/h7H,3-6,10H2,1-2H3,(H,11,12)/b8-7-. The molecule has 0 aromatic rings. The Hall–Kier alpha value is -1.39. The fraction of sp³-hybridized carbons (Fsp3) is 0.667. The van der Waals surface area contributed by atoms with Gasteiger partial charge in [-0.3, -0.25) is 0 Å². The van der Waals surface area contributed by atoms with E-state index < -0.39 is 6.09 Å². The Morgan fingerprint density at radius 2 is 2.21 bits per heavy atom. The quantitative estimate of drug-likeness (QED) is 0.497. The maximum atomic E-state index is 10.8. The van der Waals surface area contributed by atoms with Crippen molar-refractivity contribution >= 4 is 6.09 Å². The van der Waals surface area contributed by atoms with Crippen molar-refractivity contribution in [2.24, 2.45) is 5.73 Å². The molecule has 0 saturated carbocycles. The van der Waals surface area contributed by atoms with Gasteiger partial charge in [0.15, 0.2) is 0 Å². The van der Waals surface area contributed by atoms with Crippen molar-refractivity contribution in [1.29, 1.82) is 0 Å². The van der Waals surface area contributed by atoms with E-state index in [0.717, 1.165) is 6.42 Å². The van der Waals surface area contributed by atoms with E-state index in [1.54, 1.807) is 6.92 Å². The number of hydrogen-bond acceptors (Lipinski definition) is 4. The Morgan fingerprint density at radius 1 is 1.50 bits per heavy atom. The van der Waals surface area contributed by atoms with Gasteiger partial charge in [-0.1, -0.05) is 6.92 Å². The van der Waals surface area contributed by atoms with Crippen LogP contribution in [0.4, 0.5) is 4.79 Å². The molecule has 0 fully saturated rings. The summed E-state index contributed by atoms with van der Waals surface area (Å²) in [7, 11) is 0. The lowest BCUT2D eigenvalue weighted by Crippen LogP contribution is -2.28. The summed E-state index contributed by atoms with van der Waals surface area (Å²) >= 11 is 0. The first-order chi connectivity index (χ1) is 6.70. The van der Waals surface area contributed by atoms with Crippen molar-refractivity contribution < 1.29 is 14.3 Å². The summed E-state index contributed by atoms with van der Waals surface area (Å²) < 4.78 is 9.70. The number of hydrogen-bond donors (Lipinski definition) is 2. The van der Waals surface area contributed by atoms with Gasteiger partial charge >= 0.3 is 6.09 Å². The summed E-state index contributed by atoms with van der Waals surface area (Å²) in [6.45, 7) is 4.95. The van der Waals surface area contributed by atoms with E-state index in [0.29, 0.717) is 18.9 Å². The molecule has 0 rings (SSSR count). The first-order valence-corrected chi connectivity index (χ1v) is 4.67. The number of rotatable bonds is 6. The van der Waals surface area contributed by atoms with Crippen molar-refractivity contribution in [3.63, 3.8) is 0 Å². The second kappa shape index (κ2) is 8.22. The smallest absolute Gasteiger partial charge is 0.407 e. The van der Waals surface area contributed by atoms with Gasteiger partial charge in [0.2, 0.25) is 0 Å². The van der Waals surface area contributed by atoms with Gasteiger partial charge in [0, 0.05) is 0 Å². The highest BCUT2D eigenvalue weighted by molar-refractivity contribution is 5.67. The molecule has 0 aromatic carbocycles. The molecule has 0 atom stereocenters. The average molecular weight is 202 g/mol. The van der Waals surface area contributed by atoms with Gasteiger partial charge in [0.1, 0.15) is 6.26 Å². The second-order valence-corrected chi connectivity index (χ2v) is 2.64. The van der Waals surface area contributed by atoms with Crippen molar-refractivity contribution in [2.45, 2.75) is 20.3 Å². The fourth-order valence-corrected chi connectivity index (χ4v) is 0.682. The Labute approximate surface area is 84.2 Å². The summed E-state index contributed by atoms with van der Waals surface area (Å²) in [6, 6.07) is 0. The van der Waals surface area contributed by atoms with Crippen LogP contribution in [0.2, 0.25) is 0 Å². The molecule has 0 aliphatic rings. The Kier molecular flexibility index (Phi) is 7.40. The van der Waals surface area contributed by atoms with E-state index in [2.05, 4.69) is 10.1 Å². The molecule has 0 aliphatic heterocycles. The molecule has 82 valence electrons. The van der Waals surface area contributed by atoms with Gasteiger partial charge in [0.25, 0.3) is 0 Å². The zero-order chi connectivity index (χ0) is 10.8. The number of nitrogens with two attached hydrogens (primary N) is 1. The zero-order valence-corrected chi connectivity index (χ0v) is 8.71. The first-order valence-electron chi connectivity index (χ1n) is 4.67. The lowest BCUT2D eigenvalue weighted by Gasteiger charge is -2.05. The lowest BCUT2D eigenvalue weighted by atomic mass is 10.5. The van der Waals surface area contributed by atoms with E-state index in [1.165, 1.54) is 6.26 Å². The molecular formula is C9H18N2O3. The summed E-state index contributed by atoms with van der Waals surface area (Å²) in [6.07, 6.45) is 1.89. The Morgan fingerprint density at radius 3 is 2.79 bits per heavy atom. The van der Waals surface area contributed by atoms with Gasteiger partial charge in [0.05, 0.1) is 25.5 Å². The highest BCUT2D eigenvalue weighted by Gasteiger charge is 1.99. The van der Waals surface area contributed by atoms with Crippen molar-refractivity contribution in [3.8, 4) is 0 Å². The highest BCUT2D eigenvalue weighted by atomic mass is 16.5. The van der Waals surface area contributed by atoms with Gasteiger partial charge < -0.3 is 20.5 Å². The summed E-state index contributed by atoms with van der Waals surface area (Å²) in [5.74, 6) is 0. The van der Waals surface area contributed by atoms with Crippen LogP contribution < -0.4 is 11.1 Å². The van der Waals surface area contributed by atoms with Crippen LogP contribution in [0.1, 0.15) is 20.3 Å². The second-order valence-electron chi connectivity index (χ2n) is 2.64. The number of ether oxygens (including phenoxy) is 2. The third-order valence-corrected chi connectivity index (χ3v) is 1.27. The summed E-state index contributed by atoms with van der Waals surface area (Å²) in [5.41, 5.74) is 5.99. The van der Waals surface area contributed by atoms with Crippen LogP contribution in [0.5, 0.6) is 0 Å². The number of carbonyl (C=O) groups excluding carboxylic acids is 1. The van der Waals surface area contributed by atoms with E-state index >= 15 is 0 Å². The maximum absolute atomic E-state index is 10.8. The van der Waals surface area contributed by atoms with Gasteiger partial charge in [-0.25, -0.2) is 4.79 Å². The SMILES string of the molecule is CCCO/C=C(\N)CNC(=O)OCC. The molecule has 5 nitrogen and oxygen atoms in total.